The molecule has 3 aromatic rings. The Kier molecular flexibility index (Phi) is 3.29. The highest BCUT2D eigenvalue weighted by atomic mass is 15.0. The highest BCUT2D eigenvalue weighted by Crippen LogP contribution is 2.10. The van der Waals surface area contributed by atoms with Gasteiger partial charge in [0.2, 0.25) is 0 Å². The van der Waals surface area contributed by atoms with Crippen LogP contribution in [0.1, 0.15) is 11.3 Å². The lowest BCUT2D eigenvalue weighted by atomic mass is 10.2. The Morgan fingerprint density at radius 1 is 1.25 bits per heavy atom. The summed E-state index contributed by atoms with van der Waals surface area (Å²) in [7, 11) is 0. The largest absolute Gasteiger partial charge is 0.369 e. The first kappa shape index (κ1) is 12.2. The molecule has 20 heavy (non-hydrogen) atoms. The summed E-state index contributed by atoms with van der Waals surface area (Å²) in [5, 5.41) is 12.2. The molecule has 3 aromatic heterocycles. The molecule has 5 heteroatoms. The molecule has 0 fully saturated rings. The summed E-state index contributed by atoms with van der Waals surface area (Å²) >= 11 is 0. The van der Waals surface area contributed by atoms with Crippen LogP contribution in [0.5, 0.6) is 0 Å². The molecule has 0 saturated carbocycles. The number of pyridine rings is 2. The number of nitriles is 1. The topological polar surface area (TPSA) is 66.0 Å². The number of anilines is 1. The lowest BCUT2D eigenvalue weighted by Gasteiger charge is -2.05. The van der Waals surface area contributed by atoms with Gasteiger partial charge in [-0.05, 0) is 24.3 Å². The molecule has 0 amide bonds. The van der Waals surface area contributed by atoms with Crippen LogP contribution >= 0.6 is 0 Å². The quantitative estimate of drug-likeness (QED) is 0.784. The highest BCUT2D eigenvalue weighted by molar-refractivity contribution is 5.51. The Morgan fingerprint density at radius 3 is 3.05 bits per heavy atom. The van der Waals surface area contributed by atoms with Crippen LogP contribution in [-0.2, 0) is 6.42 Å². The van der Waals surface area contributed by atoms with Gasteiger partial charge in [-0.3, -0.25) is 0 Å². The van der Waals surface area contributed by atoms with E-state index in [0.29, 0.717) is 17.9 Å². The monoisotopic (exact) mass is 263 g/mol. The van der Waals surface area contributed by atoms with Crippen molar-refractivity contribution >= 4 is 11.5 Å². The van der Waals surface area contributed by atoms with Crippen LogP contribution in [0.4, 0.5) is 5.82 Å². The van der Waals surface area contributed by atoms with E-state index in [-0.39, 0.29) is 0 Å². The predicted octanol–water partition coefficient (Wildman–Crippen LogP) is 2.26. The van der Waals surface area contributed by atoms with E-state index in [4.69, 9.17) is 5.26 Å². The van der Waals surface area contributed by atoms with Crippen molar-refractivity contribution < 1.29 is 0 Å². The van der Waals surface area contributed by atoms with Crippen LogP contribution in [-0.4, -0.2) is 20.9 Å². The molecule has 0 aliphatic rings. The first-order valence-corrected chi connectivity index (χ1v) is 6.38. The number of hydrogen-bond donors (Lipinski definition) is 1. The average Bonchev–Trinajstić information content (AvgIpc) is 2.90. The standard InChI is InChI=1S/C15H13N5/c16-10-12-4-3-7-17-15(12)18-8-6-13-11-20-9-2-1-5-14(20)19-13/h1-5,7,9,11H,6,8H2,(H,17,18). The molecule has 1 N–H and O–H groups in total. The molecular weight excluding hydrogens is 250 g/mol. The van der Waals surface area contributed by atoms with Gasteiger partial charge < -0.3 is 9.72 Å². The molecule has 3 heterocycles. The van der Waals surface area contributed by atoms with Crippen LogP contribution in [0, 0.1) is 11.3 Å². The Labute approximate surface area is 116 Å². The second-order valence-corrected chi connectivity index (χ2v) is 4.39. The zero-order valence-corrected chi connectivity index (χ0v) is 10.8. The van der Waals surface area contributed by atoms with E-state index in [1.807, 2.05) is 35.0 Å². The summed E-state index contributed by atoms with van der Waals surface area (Å²) < 4.78 is 2.00. The third-order valence-corrected chi connectivity index (χ3v) is 3.02. The maximum absolute atomic E-state index is 8.98. The zero-order chi connectivity index (χ0) is 13.8. The summed E-state index contributed by atoms with van der Waals surface area (Å²) in [4.78, 5) is 8.69. The number of rotatable bonds is 4. The number of nitrogens with one attached hydrogen (secondary N) is 1. The zero-order valence-electron chi connectivity index (χ0n) is 10.8. The normalized spacial score (nSPS) is 10.3. The molecule has 0 aliphatic carbocycles. The minimum absolute atomic E-state index is 0.558. The van der Waals surface area contributed by atoms with E-state index in [0.717, 1.165) is 17.8 Å². The fourth-order valence-corrected chi connectivity index (χ4v) is 2.05. The molecule has 3 rings (SSSR count). The van der Waals surface area contributed by atoms with Gasteiger partial charge in [-0.25, -0.2) is 9.97 Å². The van der Waals surface area contributed by atoms with Crippen molar-refractivity contribution in [3.63, 3.8) is 0 Å². The number of imidazole rings is 1. The first-order chi connectivity index (χ1) is 9.86. The molecule has 0 saturated heterocycles. The van der Waals surface area contributed by atoms with Gasteiger partial charge in [-0.2, -0.15) is 5.26 Å². The van der Waals surface area contributed by atoms with E-state index >= 15 is 0 Å². The molecule has 0 atom stereocenters. The summed E-state index contributed by atoms with van der Waals surface area (Å²) in [6.07, 6.45) is 6.45. The fourth-order valence-electron chi connectivity index (χ4n) is 2.05. The predicted molar refractivity (Wildman–Crippen MR) is 76.3 cm³/mol. The minimum atomic E-state index is 0.558. The third-order valence-electron chi connectivity index (χ3n) is 3.02. The van der Waals surface area contributed by atoms with Gasteiger partial charge in [-0.1, -0.05) is 6.07 Å². The maximum atomic E-state index is 8.98. The second-order valence-electron chi connectivity index (χ2n) is 4.39. The number of fused-ring (bicyclic) bond motifs is 1. The van der Waals surface area contributed by atoms with Gasteiger partial charge in [0.15, 0.2) is 0 Å². The molecule has 5 nitrogen and oxygen atoms in total. The molecule has 0 unspecified atom stereocenters. The average molecular weight is 263 g/mol. The van der Waals surface area contributed by atoms with Crippen molar-refractivity contribution in [1.82, 2.24) is 14.4 Å². The van der Waals surface area contributed by atoms with Gasteiger partial charge in [0.1, 0.15) is 17.5 Å². The van der Waals surface area contributed by atoms with E-state index in [1.54, 1.807) is 18.3 Å². The molecular formula is C15H13N5. The van der Waals surface area contributed by atoms with Gasteiger partial charge in [-0.15, -0.1) is 0 Å². The maximum Gasteiger partial charge on any atom is 0.143 e. The molecule has 0 spiro atoms. The van der Waals surface area contributed by atoms with Crippen molar-refractivity contribution in [2.24, 2.45) is 0 Å². The lowest BCUT2D eigenvalue weighted by Crippen LogP contribution is -2.07. The van der Waals surface area contributed by atoms with Crippen LogP contribution in [0.3, 0.4) is 0 Å². The number of aromatic nitrogens is 3. The van der Waals surface area contributed by atoms with E-state index in [1.165, 1.54) is 0 Å². The highest BCUT2D eigenvalue weighted by Gasteiger charge is 2.03. The summed E-state index contributed by atoms with van der Waals surface area (Å²) in [6, 6.07) is 11.5. The Morgan fingerprint density at radius 2 is 2.20 bits per heavy atom. The van der Waals surface area contributed by atoms with Gasteiger partial charge in [0.25, 0.3) is 0 Å². The Balaban J connectivity index is 1.66. The van der Waals surface area contributed by atoms with Crippen molar-refractivity contribution in [1.29, 1.82) is 5.26 Å². The van der Waals surface area contributed by atoms with Crippen molar-refractivity contribution in [3.8, 4) is 6.07 Å². The minimum Gasteiger partial charge on any atom is -0.369 e. The van der Waals surface area contributed by atoms with Crippen molar-refractivity contribution in [2.45, 2.75) is 6.42 Å². The SMILES string of the molecule is N#Cc1cccnc1NCCc1cn2ccccc2n1. The summed E-state index contributed by atoms with van der Waals surface area (Å²) in [6.45, 7) is 0.690. The van der Waals surface area contributed by atoms with Crippen LogP contribution in [0.25, 0.3) is 5.65 Å². The molecule has 98 valence electrons. The smallest absolute Gasteiger partial charge is 0.143 e. The first-order valence-electron chi connectivity index (χ1n) is 6.38. The lowest BCUT2D eigenvalue weighted by molar-refractivity contribution is 0.969. The van der Waals surface area contributed by atoms with E-state index in [2.05, 4.69) is 21.4 Å². The molecule has 0 radical (unpaired) electrons. The van der Waals surface area contributed by atoms with Crippen molar-refractivity contribution in [3.05, 3.63) is 60.2 Å². The Hall–Kier alpha value is -2.87. The third kappa shape index (κ3) is 2.45. The van der Waals surface area contributed by atoms with Gasteiger partial charge in [0.05, 0.1) is 11.3 Å². The van der Waals surface area contributed by atoms with Crippen LogP contribution in [0.15, 0.2) is 48.9 Å². The second kappa shape index (κ2) is 5.41. The fraction of sp³-hybridized carbons (Fsp3) is 0.133. The van der Waals surface area contributed by atoms with Crippen molar-refractivity contribution in [2.75, 3.05) is 11.9 Å². The summed E-state index contributed by atoms with van der Waals surface area (Å²) in [5.74, 6) is 0.624. The van der Waals surface area contributed by atoms with Gasteiger partial charge in [0, 0.05) is 31.6 Å². The van der Waals surface area contributed by atoms with E-state index < -0.39 is 0 Å². The van der Waals surface area contributed by atoms with Crippen LogP contribution < -0.4 is 5.32 Å². The Bertz CT molecular complexity index is 736. The number of nitrogens with zero attached hydrogens (tertiary/aromatic N) is 4. The molecule has 0 bridgehead atoms. The number of hydrogen-bond acceptors (Lipinski definition) is 4. The molecule has 0 aliphatic heterocycles. The summed E-state index contributed by atoms with van der Waals surface area (Å²) in [5.41, 5.74) is 2.51. The van der Waals surface area contributed by atoms with Gasteiger partial charge >= 0.3 is 0 Å². The van der Waals surface area contributed by atoms with Crippen LogP contribution in [0.2, 0.25) is 0 Å². The molecule has 0 aromatic carbocycles. The van der Waals surface area contributed by atoms with E-state index in [9.17, 15) is 0 Å².